The zero-order chi connectivity index (χ0) is 12.0. The van der Waals surface area contributed by atoms with Crippen molar-refractivity contribution in [3.8, 4) is 0 Å². The number of ether oxygens (including phenoxy) is 1. The maximum atomic E-state index is 6.34. The number of likely N-dealkylation sites (tertiary alicyclic amines) is 1. The molecule has 0 amide bonds. The van der Waals surface area contributed by atoms with E-state index >= 15 is 0 Å². The predicted molar refractivity (Wildman–Crippen MR) is 71.1 cm³/mol. The molecule has 3 nitrogen and oxygen atoms in total. The molecular weight excluding hydrogens is 212 g/mol. The van der Waals surface area contributed by atoms with E-state index in [1.54, 1.807) is 0 Å². The predicted octanol–water partition coefficient (Wildman–Crippen LogP) is 2.15. The lowest BCUT2D eigenvalue weighted by molar-refractivity contribution is 0.0498. The van der Waals surface area contributed by atoms with E-state index in [9.17, 15) is 0 Å². The van der Waals surface area contributed by atoms with Gasteiger partial charge in [-0.1, -0.05) is 25.7 Å². The fourth-order valence-electron chi connectivity index (χ4n) is 3.05. The lowest BCUT2D eigenvalue weighted by atomic mass is 9.83. The van der Waals surface area contributed by atoms with Crippen molar-refractivity contribution >= 4 is 0 Å². The summed E-state index contributed by atoms with van der Waals surface area (Å²) < 4.78 is 5.81. The van der Waals surface area contributed by atoms with E-state index in [2.05, 4.69) is 4.90 Å². The zero-order valence-corrected chi connectivity index (χ0v) is 11.1. The van der Waals surface area contributed by atoms with E-state index in [-0.39, 0.29) is 5.54 Å². The summed E-state index contributed by atoms with van der Waals surface area (Å²) in [6, 6.07) is 0. The van der Waals surface area contributed by atoms with Gasteiger partial charge in [-0.05, 0) is 38.8 Å². The van der Waals surface area contributed by atoms with Crippen molar-refractivity contribution in [3.05, 3.63) is 0 Å². The average Bonchev–Trinajstić information content (AvgIpc) is 2.37. The van der Waals surface area contributed by atoms with Crippen LogP contribution in [0.5, 0.6) is 0 Å². The average molecular weight is 240 g/mol. The van der Waals surface area contributed by atoms with Crippen LogP contribution in [-0.4, -0.2) is 43.3 Å². The molecule has 0 unspecified atom stereocenters. The highest BCUT2D eigenvalue weighted by Crippen LogP contribution is 2.25. The van der Waals surface area contributed by atoms with Crippen molar-refractivity contribution in [1.82, 2.24) is 4.90 Å². The molecule has 0 aromatic carbocycles. The summed E-state index contributed by atoms with van der Waals surface area (Å²) in [5.74, 6) is 0. The monoisotopic (exact) mass is 240 g/mol. The van der Waals surface area contributed by atoms with Gasteiger partial charge in [0.25, 0.3) is 0 Å². The minimum atomic E-state index is -0.0137. The summed E-state index contributed by atoms with van der Waals surface area (Å²) in [5.41, 5.74) is 6.33. The van der Waals surface area contributed by atoms with Gasteiger partial charge in [-0.3, -0.25) is 0 Å². The summed E-state index contributed by atoms with van der Waals surface area (Å²) >= 11 is 0. The first kappa shape index (κ1) is 13.3. The highest BCUT2D eigenvalue weighted by atomic mass is 16.5. The molecule has 0 radical (unpaired) electrons. The number of hydrogen-bond donors (Lipinski definition) is 1. The summed E-state index contributed by atoms with van der Waals surface area (Å²) in [6.45, 7) is 5.24. The van der Waals surface area contributed by atoms with Crippen LogP contribution < -0.4 is 5.73 Å². The van der Waals surface area contributed by atoms with Crippen LogP contribution in [0.15, 0.2) is 0 Å². The van der Waals surface area contributed by atoms with E-state index in [0.29, 0.717) is 0 Å². The van der Waals surface area contributed by atoms with Gasteiger partial charge in [-0.2, -0.15) is 0 Å². The fraction of sp³-hybridized carbons (Fsp3) is 1.00. The third kappa shape index (κ3) is 4.57. The first-order valence-electron chi connectivity index (χ1n) is 7.38. The molecule has 0 atom stereocenters. The Bertz CT molecular complexity index is 208. The van der Waals surface area contributed by atoms with Crippen molar-refractivity contribution in [2.24, 2.45) is 5.73 Å². The number of piperidine rings is 1. The smallest absolute Gasteiger partial charge is 0.0646 e. The van der Waals surface area contributed by atoms with Crippen LogP contribution in [0.4, 0.5) is 0 Å². The lowest BCUT2D eigenvalue weighted by Crippen LogP contribution is -2.46. The van der Waals surface area contributed by atoms with E-state index in [4.69, 9.17) is 10.5 Å². The topological polar surface area (TPSA) is 38.5 Å². The van der Waals surface area contributed by atoms with Crippen molar-refractivity contribution in [2.75, 3.05) is 32.8 Å². The van der Waals surface area contributed by atoms with Gasteiger partial charge in [0.15, 0.2) is 0 Å². The quantitative estimate of drug-likeness (QED) is 0.748. The molecule has 1 saturated carbocycles. The highest BCUT2D eigenvalue weighted by molar-refractivity contribution is 4.86. The SMILES string of the molecule is NC1(COCCN2CCCCC2)CCCCC1. The van der Waals surface area contributed by atoms with Gasteiger partial charge >= 0.3 is 0 Å². The third-order valence-corrected chi connectivity index (χ3v) is 4.24. The molecule has 2 fully saturated rings. The van der Waals surface area contributed by atoms with Crippen molar-refractivity contribution < 1.29 is 4.74 Å². The summed E-state index contributed by atoms with van der Waals surface area (Å²) in [7, 11) is 0. The number of nitrogens with two attached hydrogens (primary N) is 1. The summed E-state index contributed by atoms with van der Waals surface area (Å²) in [5, 5.41) is 0. The second kappa shape index (κ2) is 6.72. The largest absolute Gasteiger partial charge is 0.378 e. The molecule has 2 rings (SSSR count). The van der Waals surface area contributed by atoms with Gasteiger partial charge in [0.1, 0.15) is 0 Å². The molecular formula is C14H28N2O. The van der Waals surface area contributed by atoms with Crippen LogP contribution in [0.3, 0.4) is 0 Å². The zero-order valence-electron chi connectivity index (χ0n) is 11.1. The minimum absolute atomic E-state index is 0.0137. The Morgan fingerprint density at radius 3 is 2.29 bits per heavy atom. The van der Waals surface area contributed by atoms with Crippen LogP contribution in [-0.2, 0) is 4.74 Å². The molecule has 100 valence electrons. The molecule has 17 heavy (non-hydrogen) atoms. The Balaban J connectivity index is 1.55. The lowest BCUT2D eigenvalue weighted by Gasteiger charge is -2.33. The first-order chi connectivity index (χ1) is 8.29. The maximum Gasteiger partial charge on any atom is 0.0646 e. The number of nitrogens with zero attached hydrogens (tertiary/aromatic N) is 1. The van der Waals surface area contributed by atoms with Crippen LogP contribution in [0, 0.1) is 0 Å². The molecule has 1 heterocycles. The van der Waals surface area contributed by atoms with E-state index in [1.807, 2.05) is 0 Å². The Hall–Kier alpha value is -0.120. The second-order valence-electron chi connectivity index (χ2n) is 5.88. The standard InChI is InChI=1S/C14H28N2O/c15-14(7-3-1-4-8-14)13-17-12-11-16-9-5-2-6-10-16/h1-13,15H2. The van der Waals surface area contributed by atoms with E-state index in [0.717, 1.165) is 32.6 Å². The van der Waals surface area contributed by atoms with Gasteiger partial charge in [0, 0.05) is 12.1 Å². The molecule has 2 aliphatic rings. The Morgan fingerprint density at radius 1 is 0.941 bits per heavy atom. The molecule has 2 N–H and O–H groups in total. The van der Waals surface area contributed by atoms with Gasteiger partial charge in [-0.15, -0.1) is 0 Å². The summed E-state index contributed by atoms with van der Waals surface area (Å²) in [6.07, 6.45) is 10.4. The van der Waals surface area contributed by atoms with Gasteiger partial charge in [0.05, 0.1) is 13.2 Å². The molecule has 1 aliphatic heterocycles. The maximum absolute atomic E-state index is 6.34. The van der Waals surface area contributed by atoms with Crippen molar-refractivity contribution in [3.63, 3.8) is 0 Å². The third-order valence-electron chi connectivity index (χ3n) is 4.24. The van der Waals surface area contributed by atoms with Crippen molar-refractivity contribution in [2.45, 2.75) is 56.9 Å². The van der Waals surface area contributed by atoms with Crippen LogP contribution >= 0.6 is 0 Å². The van der Waals surface area contributed by atoms with Crippen LogP contribution in [0.25, 0.3) is 0 Å². The minimum Gasteiger partial charge on any atom is -0.378 e. The molecule has 1 aliphatic carbocycles. The first-order valence-corrected chi connectivity index (χ1v) is 7.38. The molecule has 0 aromatic rings. The summed E-state index contributed by atoms with van der Waals surface area (Å²) in [4.78, 5) is 2.52. The molecule has 3 heteroatoms. The van der Waals surface area contributed by atoms with E-state index < -0.39 is 0 Å². The van der Waals surface area contributed by atoms with Crippen molar-refractivity contribution in [1.29, 1.82) is 0 Å². The van der Waals surface area contributed by atoms with E-state index in [1.165, 1.54) is 51.6 Å². The Kier molecular flexibility index (Phi) is 5.26. The normalized spacial score (nSPS) is 25.9. The van der Waals surface area contributed by atoms with Gasteiger partial charge < -0.3 is 15.4 Å². The molecule has 0 aromatic heterocycles. The van der Waals surface area contributed by atoms with Gasteiger partial charge in [-0.25, -0.2) is 0 Å². The second-order valence-corrected chi connectivity index (χ2v) is 5.88. The molecule has 1 saturated heterocycles. The molecule has 0 spiro atoms. The Labute approximate surface area is 106 Å². The molecule has 0 bridgehead atoms. The van der Waals surface area contributed by atoms with Gasteiger partial charge in [0.2, 0.25) is 0 Å². The fourth-order valence-corrected chi connectivity index (χ4v) is 3.05. The highest BCUT2D eigenvalue weighted by Gasteiger charge is 2.27. The van der Waals surface area contributed by atoms with Crippen LogP contribution in [0.1, 0.15) is 51.4 Å². The Morgan fingerprint density at radius 2 is 1.59 bits per heavy atom. The van der Waals surface area contributed by atoms with Crippen LogP contribution in [0.2, 0.25) is 0 Å². The number of hydrogen-bond acceptors (Lipinski definition) is 3. The number of rotatable bonds is 5.